The van der Waals surface area contributed by atoms with Crippen molar-refractivity contribution in [2.75, 3.05) is 0 Å². The normalized spacial score (nSPS) is 10.1. The smallest absolute Gasteiger partial charge is 0.136 e. The molecule has 2 heterocycles. The van der Waals surface area contributed by atoms with Crippen LogP contribution in [0.5, 0.6) is 0 Å². The van der Waals surface area contributed by atoms with Gasteiger partial charge in [-0.05, 0) is 29.8 Å². The molecule has 70 valence electrons. The van der Waals surface area contributed by atoms with Gasteiger partial charge in [-0.1, -0.05) is 23.2 Å². The molecule has 0 aliphatic heterocycles. The van der Waals surface area contributed by atoms with Crippen LogP contribution in [0, 0.1) is 0 Å². The summed E-state index contributed by atoms with van der Waals surface area (Å²) >= 11 is 11.7. The summed E-state index contributed by atoms with van der Waals surface area (Å²) in [5.74, 6) is 0. The molecule has 0 aromatic carbocycles. The summed E-state index contributed by atoms with van der Waals surface area (Å²) in [6.45, 7) is 0. The quantitative estimate of drug-likeness (QED) is 0.694. The number of rotatable bonds is 1. The molecule has 14 heavy (non-hydrogen) atoms. The van der Waals surface area contributed by atoms with Crippen LogP contribution in [0.1, 0.15) is 0 Å². The van der Waals surface area contributed by atoms with E-state index >= 15 is 0 Å². The van der Waals surface area contributed by atoms with Gasteiger partial charge < -0.3 is 0 Å². The van der Waals surface area contributed by atoms with E-state index in [1.165, 1.54) is 0 Å². The van der Waals surface area contributed by atoms with Crippen LogP contribution >= 0.6 is 23.2 Å². The number of hydrogen-bond donors (Lipinski definition) is 0. The van der Waals surface area contributed by atoms with E-state index in [4.69, 9.17) is 23.2 Å². The van der Waals surface area contributed by atoms with E-state index in [0.29, 0.717) is 10.3 Å². The van der Waals surface area contributed by atoms with Crippen molar-refractivity contribution in [3.63, 3.8) is 0 Å². The number of pyridine rings is 2. The van der Waals surface area contributed by atoms with E-state index < -0.39 is 0 Å². The van der Waals surface area contributed by atoms with Crippen molar-refractivity contribution in [1.82, 2.24) is 9.97 Å². The summed E-state index contributed by atoms with van der Waals surface area (Å²) in [6, 6.07) is 7.32. The summed E-state index contributed by atoms with van der Waals surface area (Å²) < 4.78 is 0. The molecule has 2 nitrogen and oxygen atoms in total. The molecule has 0 aliphatic rings. The number of halogens is 2. The first-order chi connectivity index (χ1) is 6.77. The SMILES string of the molecule is Clc1cc(-c2cccnc2Cl)ccn1. The molecule has 4 heteroatoms. The lowest BCUT2D eigenvalue weighted by Gasteiger charge is -2.02. The molecule has 0 amide bonds. The lowest BCUT2D eigenvalue weighted by molar-refractivity contribution is 1.30. The van der Waals surface area contributed by atoms with Gasteiger partial charge in [-0.15, -0.1) is 0 Å². The highest BCUT2D eigenvalue weighted by atomic mass is 35.5. The fourth-order valence-electron chi connectivity index (χ4n) is 1.17. The van der Waals surface area contributed by atoms with Crippen molar-refractivity contribution in [2.24, 2.45) is 0 Å². The van der Waals surface area contributed by atoms with Crippen LogP contribution in [-0.2, 0) is 0 Å². The van der Waals surface area contributed by atoms with Crippen molar-refractivity contribution in [1.29, 1.82) is 0 Å². The van der Waals surface area contributed by atoms with Crippen LogP contribution in [0.3, 0.4) is 0 Å². The van der Waals surface area contributed by atoms with Crippen LogP contribution in [0.4, 0.5) is 0 Å². The molecule has 0 fully saturated rings. The van der Waals surface area contributed by atoms with E-state index in [1.807, 2.05) is 18.2 Å². The summed E-state index contributed by atoms with van der Waals surface area (Å²) in [6.07, 6.45) is 3.29. The Morgan fingerprint density at radius 1 is 1.00 bits per heavy atom. The third-order valence-electron chi connectivity index (χ3n) is 1.80. The molecule has 0 N–H and O–H groups in total. The second-order valence-corrected chi connectivity index (χ2v) is 3.45. The van der Waals surface area contributed by atoms with E-state index in [-0.39, 0.29) is 0 Å². The summed E-state index contributed by atoms with van der Waals surface area (Å²) in [7, 11) is 0. The van der Waals surface area contributed by atoms with E-state index in [0.717, 1.165) is 11.1 Å². The van der Waals surface area contributed by atoms with Crippen LogP contribution in [-0.4, -0.2) is 9.97 Å². The molecule has 0 radical (unpaired) electrons. The van der Waals surface area contributed by atoms with Gasteiger partial charge in [0, 0.05) is 18.0 Å². The molecule has 0 spiro atoms. The highest BCUT2D eigenvalue weighted by Gasteiger charge is 2.03. The van der Waals surface area contributed by atoms with Crippen molar-refractivity contribution >= 4 is 23.2 Å². The third kappa shape index (κ3) is 1.86. The standard InChI is InChI=1S/C10H6Cl2N2/c11-9-6-7(3-5-13-9)8-2-1-4-14-10(8)12/h1-6H. The molecule has 2 aromatic heterocycles. The highest BCUT2D eigenvalue weighted by molar-refractivity contribution is 6.32. The van der Waals surface area contributed by atoms with Gasteiger partial charge in [-0.2, -0.15) is 0 Å². The Labute approximate surface area is 91.5 Å². The minimum absolute atomic E-state index is 0.447. The first kappa shape index (κ1) is 9.44. The average molecular weight is 225 g/mol. The highest BCUT2D eigenvalue weighted by Crippen LogP contribution is 2.26. The zero-order valence-corrected chi connectivity index (χ0v) is 8.63. The molecule has 2 rings (SSSR count). The maximum absolute atomic E-state index is 5.94. The molecule has 0 saturated carbocycles. The Hall–Kier alpha value is -1.12. The first-order valence-electron chi connectivity index (χ1n) is 4.00. The molecule has 2 aromatic rings. The van der Waals surface area contributed by atoms with Crippen molar-refractivity contribution < 1.29 is 0 Å². The minimum atomic E-state index is 0.447. The third-order valence-corrected chi connectivity index (χ3v) is 2.30. The Balaban J connectivity index is 2.55. The van der Waals surface area contributed by atoms with Crippen molar-refractivity contribution in [3.05, 3.63) is 47.0 Å². The topological polar surface area (TPSA) is 25.8 Å². The molecule has 0 unspecified atom stereocenters. The maximum Gasteiger partial charge on any atom is 0.136 e. The van der Waals surface area contributed by atoms with Crippen LogP contribution in [0.2, 0.25) is 10.3 Å². The van der Waals surface area contributed by atoms with Gasteiger partial charge in [-0.3, -0.25) is 0 Å². The van der Waals surface area contributed by atoms with Gasteiger partial charge in [-0.25, -0.2) is 9.97 Å². The molecule has 0 saturated heterocycles. The lowest BCUT2D eigenvalue weighted by atomic mass is 10.1. The fraction of sp³-hybridized carbons (Fsp3) is 0. The second-order valence-electron chi connectivity index (χ2n) is 2.71. The first-order valence-corrected chi connectivity index (χ1v) is 4.75. The van der Waals surface area contributed by atoms with Gasteiger partial charge in [0.25, 0.3) is 0 Å². The second kappa shape index (κ2) is 3.95. The molecular formula is C10H6Cl2N2. The Morgan fingerprint density at radius 3 is 2.57 bits per heavy atom. The molecule has 0 atom stereocenters. The van der Waals surface area contributed by atoms with Gasteiger partial charge >= 0.3 is 0 Å². The Morgan fingerprint density at radius 2 is 1.86 bits per heavy atom. The van der Waals surface area contributed by atoms with Crippen LogP contribution in [0.25, 0.3) is 11.1 Å². The van der Waals surface area contributed by atoms with Gasteiger partial charge in [0.1, 0.15) is 10.3 Å². The average Bonchev–Trinajstić information content (AvgIpc) is 2.18. The maximum atomic E-state index is 5.94. The fourth-order valence-corrected chi connectivity index (χ4v) is 1.57. The summed E-state index contributed by atoms with van der Waals surface area (Å²) in [4.78, 5) is 7.88. The zero-order valence-electron chi connectivity index (χ0n) is 7.11. The number of nitrogens with zero attached hydrogens (tertiary/aromatic N) is 2. The predicted molar refractivity (Wildman–Crippen MR) is 57.5 cm³/mol. The van der Waals surface area contributed by atoms with E-state index in [1.54, 1.807) is 18.5 Å². The number of hydrogen-bond acceptors (Lipinski definition) is 2. The Kier molecular flexibility index (Phi) is 2.66. The monoisotopic (exact) mass is 224 g/mol. The number of aromatic nitrogens is 2. The molecular weight excluding hydrogens is 219 g/mol. The van der Waals surface area contributed by atoms with Crippen LogP contribution < -0.4 is 0 Å². The molecule has 0 aliphatic carbocycles. The Bertz CT molecular complexity index is 457. The minimum Gasteiger partial charge on any atom is -0.245 e. The summed E-state index contributed by atoms with van der Waals surface area (Å²) in [5.41, 5.74) is 1.78. The van der Waals surface area contributed by atoms with Gasteiger partial charge in [0.2, 0.25) is 0 Å². The predicted octanol–water partition coefficient (Wildman–Crippen LogP) is 3.45. The van der Waals surface area contributed by atoms with E-state index in [2.05, 4.69) is 9.97 Å². The van der Waals surface area contributed by atoms with E-state index in [9.17, 15) is 0 Å². The van der Waals surface area contributed by atoms with Crippen LogP contribution in [0.15, 0.2) is 36.7 Å². The lowest BCUT2D eigenvalue weighted by Crippen LogP contribution is -1.83. The zero-order chi connectivity index (χ0) is 9.97. The largest absolute Gasteiger partial charge is 0.245 e. The molecule has 0 bridgehead atoms. The van der Waals surface area contributed by atoms with Gasteiger partial charge in [0.05, 0.1) is 0 Å². The van der Waals surface area contributed by atoms with Gasteiger partial charge in [0.15, 0.2) is 0 Å². The summed E-state index contributed by atoms with van der Waals surface area (Å²) in [5, 5.41) is 0.914. The van der Waals surface area contributed by atoms with Crippen molar-refractivity contribution in [2.45, 2.75) is 0 Å². The van der Waals surface area contributed by atoms with Crippen molar-refractivity contribution in [3.8, 4) is 11.1 Å².